The average Bonchev–Trinajstić information content (AvgIpc) is 2.60. The highest BCUT2D eigenvalue weighted by molar-refractivity contribution is 5.79. The van der Waals surface area contributed by atoms with Gasteiger partial charge in [0, 0.05) is 13.1 Å². The lowest BCUT2D eigenvalue weighted by Crippen LogP contribution is -2.49. The Morgan fingerprint density at radius 1 is 1.00 bits per heavy atom. The Hall–Kier alpha value is -2.17. The number of hydrogen-bond donors (Lipinski definition) is 1. The van der Waals surface area contributed by atoms with Crippen molar-refractivity contribution < 1.29 is 9.53 Å². The van der Waals surface area contributed by atoms with Gasteiger partial charge >= 0.3 is 0 Å². The van der Waals surface area contributed by atoms with Crippen molar-refractivity contribution in [2.75, 3.05) is 19.6 Å². The molecule has 0 unspecified atom stereocenters. The van der Waals surface area contributed by atoms with Crippen molar-refractivity contribution in [1.82, 2.24) is 10.2 Å². The number of benzene rings is 2. The number of hydrogen-bond acceptors (Lipinski definition) is 3. The van der Waals surface area contributed by atoms with Crippen LogP contribution in [0.15, 0.2) is 60.7 Å². The van der Waals surface area contributed by atoms with Crippen LogP contribution < -0.4 is 5.32 Å². The van der Waals surface area contributed by atoms with E-state index in [0.717, 1.165) is 24.2 Å². The summed E-state index contributed by atoms with van der Waals surface area (Å²) >= 11 is 0. The molecule has 1 heterocycles. The molecule has 0 saturated carbocycles. The second-order valence-corrected chi connectivity index (χ2v) is 6.77. The van der Waals surface area contributed by atoms with E-state index in [1.165, 1.54) is 0 Å². The Morgan fingerprint density at radius 2 is 1.48 bits per heavy atom. The van der Waals surface area contributed by atoms with Gasteiger partial charge in [0.05, 0.1) is 24.8 Å². The summed E-state index contributed by atoms with van der Waals surface area (Å²) in [5, 5.41) is 3.21. The highest BCUT2D eigenvalue weighted by Crippen LogP contribution is 2.21. The van der Waals surface area contributed by atoms with Crippen LogP contribution in [0.3, 0.4) is 0 Å². The highest BCUT2D eigenvalue weighted by atomic mass is 16.5. The van der Waals surface area contributed by atoms with Gasteiger partial charge in [-0.05, 0) is 25.0 Å². The van der Waals surface area contributed by atoms with Gasteiger partial charge in [0.25, 0.3) is 0 Å². The predicted molar refractivity (Wildman–Crippen MR) is 99.3 cm³/mol. The predicted octanol–water partition coefficient (Wildman–Crippen LogP) is 3.00. The summed E-state index contributed by atoms with van der Waals surface area (Å²) in [4.78, 5) is 14.9. The lowest BCUT2D eigenvalue weighted by Gasteiger charge is -2.35. The second kappa shape index (κ2) is 8.28. The van der Waals surface area contributed by atoms with Crippen molar-refractivity contribution in [2.45, 2.75) is 32.1 Å². The van der Waals surface area contributed by atoms with Crippen molar-refractivity contribution >= 4 is 5.91 Å². The number of nitrogens with zero attached hydrogens (tertiary/aromatic N) is 1. The van der Waals surface area contributed by atoms with Gasteiger partial charge in [0.2, 0.25) is 5.91 Å². The largest absolute Gasteiger partial charge is 0.373 e. The Labute approximate surface area is 149 Å². The van der Waals surface area contributed by atoms with Crippen LogP contribution in [0, 0.1) is 0 Å². The number of amides is 1. The Morgan fingerprint density at radius 3 is 1.96 bits per heavy atom. The number of morpholine rings is 1. The van der Waals surface area contributed by atoms with E-state index < -0.39 is 0 Å². The van der Waals surface area contributed by atoms with Gasteiger partial charge < -0.3 is 10.1 Å². The monoisotopic (exact) mass is 338 g/mol. The lowest BCUT2D eigenvalue weighted by atomic mass is 9.98. The molecule has 1 N–H and O–H groups in total. The molecule has 1 aliphatic rings. The zero-order chi connectivity index (χ0) is 17.6. The fraction of sp³-hybridized carbons (Fsp3) is 0.381. The second-order valence-electron chi connectivity index (χ2n) is 6.77. The van der Waals surface area contributed by atoms with Crippen molar-refractivity contribution in [1.29, 1.82) is 0 Å². The highest BCUT2D eigenvalue weighted by Gasteiger charge is 2.25. The fourth-order valence-corrected chi connectivity index (χ4v) is 3.47. The van der Waals surface area contributed by atoms with Crippen LogP contribution in [-0.2, 0) is 9.53 Å². The van der Waals surface area contributed by atoms with Crippen LogP contribution in [0.5, 0.6) is 0 Å². The van der Waals surface area contributed by atoms with E-state index >= 15 is 0 Å². The molecule has 0 spiro atoms. The van der Waals surface area contributed by atoms with Gasteiger partial charge in [-0.25, -0.2) is 0 Å². The van der Waals surface area contributed by atoms with Gasteiger partial charge in [-0.2, -0.15) is 0 Å². The van der Waals surface area contributed by atoms with Crippen molar-refractivity contribution in [3.8, 4) is 0 Å². The molecule has 4 nitrogen and oxygen atoms in total. The molecule has 0 aromatic heterocycles. The minimum atomic E-state index is -0.134. The van der Waals surface area contributed by atoms with E-state index in [-0.39, 0.29) is 24.2 Å². The maximum atomic E-state index is 12.7. The summed E-state index contributed by atoms with van der Waals surface area (Å²) in [6.45, 7) is 6.08. The fourth-order valence-electron chi connectivity index (χ4n) is 3.47. The van der Waals surface area contributed by atoms with Crippen LogP contribution in [-0.4, -0.2) is 42.6 Å². The number of rotatable bonds is 5. The summed E-state index contributed by atoms with van der Waals surface area (Å²) < 4.78 is 5.74. The molecule has 0 bridgehead atoms. The normalized spacial score (nSPS) is 21.2. The standard InChI is InChI=1S/C21H26N2O2/c1-16-13-23(14-17(2)25-16)15-20(24)22-21(18-9-5-3-6-10-18)19-11-7-4-8-12-19/h3-12,16-17,21H,13-15H2,1-2H3,(H,22,24)/t16-,17+. The SMILES string of the molecule is C[C@@H]1CN(CC(=O)NC(c2ccccc2)c2ccccc2)C[C@H](C)O1. The van der Waals surface area contributed by atoms with Crippen molar-refractivity contribution in [2.24, 2.45) is 0 Å². The molecule has 2 aromatic rings. The summed E-state index contributed by atoms with van der Waals surface area (Å²) in [6.07, 6.45) is 0.325. The molecule has 1 fully saturated rings. The smallest absolute Gasteiger partial charge is 0.234 e. The van der Waals surface area contributed by atoms with Gasteiger partial charge in [-0.3, -0.25) is 9.69 Å². The minimum absolute atomic E-state index is 0.0407. The van der Waals surface area contributed by atoms with Gasteiger partial charge in [-0.1, -0.05) is 60.7 Å². The first kappa shape index (κ1) is 17.6. The molecule has 4 heteroatoms. The molecule has 2 aromatic carbocycles. The van der Waals surface area contributed by atoms with Crippen LogP contribution >= 0.6 is 0 Å². The topological polar surface area (TPSA) is 41.6 Å². The zero-order valence-electron chi connectivity index (χ0n) is 14.9. The average molecular weight is 338 g/mol. The quantitative estimate of drug-likeness (QED) is 0.911. The number of carbonyl (C=O) groups is 1. The summed E-state index contributed by atoms with van der Waals surface area (Å²) in [7, 11) is 0. The van der Waals surface area contributed by atoms with Gasteiger partial charge in [0.1, 0.15) is 0 Å². The maximum Gasteiger partial charge on any atom is 0.234 e. The summed E-state index contributed by atoms with van der Waals surface area (Å²) in [5.74, 6) is 0.0407. The van der Waals surface area contributed by atoms with Crippen LogP contribution in [0.25, 0.3) is 0 Å². The first-order chi connectivity index (χ1) is 12.1. The zero-order valence-corrected chi connectivity index (χ0v) is 14.9. The lowest BCUT2D eigenvalue weighted by molar-refractivity contribution is -0.126. The molecular weight excluding hydrogens is 312 g/mol. The molecule has 2 atom stereocenters. The van der Waals surface area contributed by atoms with Gasteiger partial charge in [-0.15, -0.1) is 0 Å². The third-order valence-corrected chi connectivity index (χ3v) is 4.43. The van der Waals surface area contributed by atoms with E-state index in [9.17, 15) is 4.79 Å². The Balaban J connectivity index is 1.71. The first-order valence-electron chi connectivity index (χ1n) is 8.89. The molecule has 0 radical (unpaired) electrons. The van der Waals surface area contributed by atoms with Crippen LogP contribution in [0.1, 0.15) is 31.0 Å². The maximum absolute atomic E-state index is 12.7. The third-order valence-electron chi connectivity index (χ3n) is 4.43. The van der Waals surface area contributed by atoms with Gasteiger partial charge in [0.15, 0.2) is 0 Å². The molecule has 25 heavy (non-hydrogen) atoms. The Kier molecular flexibility index (Phi) is 5.84. The van der Waals surface area contributed by atoms with E-state index in [1.54, 1.807) is 0 Å². The Bertz CT molecular complexity index is 625. The molecule has 3 rings (SSSR count). The molecule has 1 amide bonds. The van der Waals surface area contributed by atoms with Crippen LogP contribution in [0.2, 0.25) is 0 Å². The molecule has 132 valence electrons. The van der Waals surface area contributed by atoms with E-state index in [4.69, 9.17) is 4.74 Å². The summed E-state index contributed by atoms with van der Waals surface area (Å²) in [5.41, 5.74) is 2.18. The molecule has 1 aliphatic heterocycles. The van der Waals surface area contributed by atoms with Crippen molar-refractivity contribution in [3.05, 3.63) is 71.8 Å². The number of carbonyl (C=O) groups excluding carboxylic acids is 1. The van der Waals surface area contributed by atoms with E-state index in [2.05, 4.69) is 48.3 Å². The van der Waals surface area contributed by atoms with E-state index in [0.29, 0.717) is 6.54 Å². The number of nitrogens with one attached hydrogen (secondary N) is 1. The van der Waals surface area contributed by atoms with E-state index in [1.807, 2.05) is 36.4 Å². The van der Waals surface area contributed by atoms with Crippen LogP contribution in [0.4, 0.5) is 0 Å². The van der Waals surface area contributed by atoms with Crippen molar-refractivity contribution in [3.63, 3.8) is 0 Å². The number of ether oxygens (including phenoxy) is 1. The molecule has 0 aliphatic carbocycles. The molecule has 1 saturated heterocycles. The molecular formula is C21H26N2O2. The minimum Gasteiger partial charge on any atom is -0.373 e. The first-order valence-corrected chi connectivity index (χ1v) is 8.89. The summed E-state index contributed by atoms with van der Waals surface area (Å²) in [6, 6.07) is 20.1. The third kappa shape index (κ3) is 4.91.